The highest BCUT2D eigenvalue weighted by Gasteiger charge is 2.08. The topological polar surface area (TPSA) is 80.9 Å². The van der Waals surface area contributed by atoms with Gasteiger partial charge in [0.05, 0.1) is 32.2 Å². The number of nitrogens with one attached hydrogen (secondary N) is 2. The summed E-state index contributed by atoms with van der Waals surface area (Å²) in [5, 5.41) is 9.63. The van der Waals surface area contributed by atoms with Gasteiger partial charge < -0.3 is 24.5 Å². The van der Waals surface area contributed by atoms with E-state index in [-0.39, 0.29) is 24.0 Å². The first-order chi connectivity index (χ1) is 14.8. The van der Waals surface area contributed by atoms with E-state index in [4.69, 9.17) is 18.9 Å². The molecule has 3 aromatic rings. The first-order valence-electron chi connectivity index (χ1n) is 9.99. The molecular weight excluding hydrogens is 527 g/mol. The van der Waals surface area contributed by atoms with E-state index in [2.05, 4.69) is 15.6 Å². The quantitative estimate of drug-likeness (QED) is 0.154. The van der Waals surface area contributed by atoms with Crippen LogP contribution in [0.15, 0.2) is 57.5 Å². The van der Waals surface area contributed by atoms with Crippen molar-refractivity contribution in [2.24, 2.45) is 4.99 Å². The number of hydrogen-bond acceptors (Lipinski definition) is 6. The van der Waals surface area contributed by atoms with Gasteiger partial charge in [0.1, 0.15) is 5.75 Å². The van der Waals surface area contributed by atoms with Crippen molar-refractivity contribution in [1.29, 1.82) is 0 Å². The van der Waals surface area contributed by atoms with Crippen molar-refractivity contribution in [3.8, 4) is 16.5 Å². The third-order valence-electron chi connectivity index (χ3n) is 4.26. The van der Waals surface area contributed by atoms with Crippen molar-refractivity contribution in [2.75, 3.05) is 26.9 Å². The zero-order valence-corrected chi connectivity index (χ0v) is 20.9. The predicted octanol–water partition coefficient (Wildman–Crippen LogP) is 4.69. The summed E-state index contributed by atoms with van der Waals surface area (Å²) >= 11 is 1.57. The maximum absolute atomic E-state index is 5.42. The lowest BCUT2D eigenvalue weighted by Gasteiger charge is -2.12. The summed E-state index contributed by atoms with van der Waals surface area (Å²) in [5.74, 6) is 2.37. The minimum atomic E-state index is 0. The van der Waals surface area contributed by atoms with Crippen LogP contribution in [0.2, 0.25) is 0 Å². The number of methoxy groups -OCH3 is 1. The summed E-state index contributed by atoms with van der Waals surface area (Å²) < 4.78 is 16.0. The van der Waals surface area contributed by atoms with E-state index in [1.807, 2.05) is 48.7 Å². The van der Waals surface area contributed by atoms with Gasteiger partial charge in [0.15, 0.2) is 16.7 Å². The van der Waals surface area contributed by atoms with Crippen molar-refractivity contribution in [1.82, 2.24) is 15.6 Å². The first kappa shape index (κ1) is 25.2. The van der Waals surface area contributed by atoms with E-state index in [1.165, 1.54) is 0 Å². The van der Waals surface area contributed by atoms with Crippen molar-refractivity contribution >= 4 is 41.3 Å². The molecule has 0 aliphatic heterocycles. The fraction of sp³-hybridized carbons (Fsp3) is 0.364. The molecule has 7 nitrogen and oxygen atoms in total. The zero-order valence-electron chi connectivity index (χ0n) is 17.8. The molecule has 0 fully saturated rings. The Kier molecular flexibility index (Phi) is 11.4. The molecule has 0 unspecified atom stereocenters. The van der Waals surface area contributed by atoms with Crippen LogP contribution >= 0.6 is 35.3 Å². The number of thiazole rings is 1. The lowest BCUT2D eigenvalue weighted by molar-refractivity contribution is 0.145. The van der Waals surface area contributed by atoms with Gasteiger partial charge in [-0.3, -0.25) is 0 Å². The monoisotopic (exact) mass is 556 g/mol. The molecule has 0 spiro atoms. The van der Waals surface area contributed by atoms with Crippen LogP contribution in [0.5, 0.6) is 5.75 Å². The van der Waals surface area contributed by atoms with Gasteiger partial charge in [0, 0.05) is 25.1 Å². The van der Waals surface area contributed by atoms with E-state index in [0.717, 1.165) is 59.9 Å². The number of aromatic nitrogens is 1. The molecular formula is C22H29IN4O3S. The number of aliphatic imine (C=N–C) groups is 1. The van der Waals surface area contributed by atoms with Crippen LogP contribution in [0.3, 0.4) is 0 Å². The van der Waals surface area contributed by atoms with Gasteiger partial charge in [0.2, 0.25) is 0 Å². The summed E-state index contributed by atoms with van der Waals surface area (Å²) in [6.45, 7) is 5.40. The molecule has 31 heavy (non-hydrogen) atoms. The molecule has 2 heterocycles. The fourth-order valence-electron chi connectivity index (χ4n) is 2.68. The Hall–Kier alpha value is -2.11. The van der Waals surface area contributed by atoms with Crippen LogP contribution in [0.4, 0.5) is 0 Å². The molecule has 0 atom stereocenters. The molecule has 0 amide bonds. The Morgan fingerprint density at radius 3 is 2.74 bits per heavy atom. The summed E-state index contributed by atoms with van der Waals surface area (Å²) in [4.78, 5) is 9.34. The van der Waals surface area contributed by atoms with Crippen LogP contribution < -0.4 is 15.4 Å². The maximum atomic E-state index is 5.42. The molecule has 0 saturated heterocycles. The molecule has 2 N–H and O–H groups in total. The van der Waals surface area contributed by atoms with Gasteiger partial charge in [-0.05, 0) is 43.2 Å². The lowest BCUT2D eigenvalue weighted by Crippen LogP contribution is -2.37. The highest BCUT2D eigenvalue weighted by molar-refractivity contribution is 14.0. The number of furan rings is 1. The van der Waals surface area contributed by atoms with Crippen LogP contribution in [-0.2, 0) is 17.8 Å². The molecule has 2 aromatic heterocycles. The second kappa shape index (κ2) is 14.0. The summed E-state index contributed by atoms with van der Waals surface area (Å²) in [6.07, 6.45) is 2.57. The standard InChI is InChI=1S/C22H28N4O3S.HI/c1-3-28-12-5-11-23-22(24-14-17-7-9-19(27-2)10-8-17)25-15-18-16-30-21(26-18)20-6-4-13-29-20;/h4,6-10,13,16H,3,5,11-12,14-15H2,1-2H3,(H2,23,24,25);1H. The second-order valence-electron chi connectivity index (χ2n) is 6.47. The van der Waals surface area contributed by atoms with E-state index in [0.29, 0.717) is 13.1 Å². The zero-order chi connectivity index (χ0) is 21.0. The lowest BCUT2D eigenvalue weighted by atomic mass is 10.2. The second-order valence-corrected chi connectivity index (χ2v) is 7.32. The average Bonchev–Trinajstić information content (AvgIpc) is 3.47. The fourth-order valence-corrected chi connectivity index (χ4v) is 3.46. The van der Waals surface area contributed by atoms with Gasteiger partial charge >= 0.3 is 0 Å². The van der Waals surface area contributed by atoms with Gasteiger partial charge in [-0.1, -0.05) is 12.1 Å². The number of halogens is 1. The molecule has 1 aromatic carbocycles. The van der Waals surface area contributed by atoms with Gasteiger partial charge in [0.25, 0.3) is 0 Å². The highest BCUT2D eigenvalue weighted by atomic mass is 127. The Labute approximate surface area is 204 Å². The molecule has 0 radical (unpaired) electrons. The average molecular weight is 556 g/mol. The minimum absolute atomic E-state index is 0. The van der Waals surface area contributed by atoms with E-state index >= 15 is 0 Å². The number of guanidine groups is 1. The molecule has 0 bridgehead atoms. The molecule has 3 rings (SSSR count). The number of nitrogens with zero attached hydrogens (tertiary/aromatic N) is 2. The maximum Gasteiger partial charge on any atom is 0.191 e. The predicted molar refractivity (Wildman–Crippen MR) is 135 cm³/mol. The van der Waals surface area contributed by atoms with E-state index in [1.54, 1.807) is 24.7 Å². The number of benzene rings is 1. The van der Waals surface area contributed by atoms with Crippen molar-refractivity contribution in [2.45, 2.75) is 26.4 Å². The SMILES string of the molecule is CCOCCCNC(=NCc1ccc(OC)cc1)NCc1csc(-c2ccco2)n1.I. The first-order valence-corrected chi connectivity index (χ1v) is 10.9. The summed E-state index contributed by atoms with van der Waals surface area (Å²) in [5.41, 5.74) is 2.06. The van der Waals surface area contributed by atoms with E-state index in [9.17, 15) is 0 Å². The van der Waals surface area contributed by atoms with E-state index < -0.39 is 0 Å². The normalized spacial score (nSPS) is 11.1. The van der Waals surface area contributed by atoms with Crippen molar-refractivity contribution in [3.05, 3.63) is 59.3 Å². The molecule has 0 saturated carbocycles. The summed E-state index contributed by atoms with van der Waals surface area (Å²) in [7, 11) is 1.66. The third-order valence-corrected chi connectivity index (χ3v) is 5.17. The largest absolute Gasteiger partial charge is 0.497 e. The van der Waals surface area contributed by atoms with Crippen molar-refractivity contribution < 1.29 is 13.9 Å². The van der Waals surface area contributed by atoms with Gasteiger partial charge in [-0.2, -0.15) is 0 Å². The van der Waals surface area contributed by atoms with Crippen LogP contribution in [0.1, 0.15) is 24.6 Å². The Morgan fingerprint density at radius 2 is 2.03 bits per heavy atom. The molecule has 168 valence electrons. The molecule has 0 aliphatic rings. The third kappa shape index (κ3) is 8.50. The highest BCUT2D eigenvalue weighted by Crippen LogP contribution is 2.23. The minimum Gasteiger partial charge on any atom is -0.497 e. The van der Waals surface area contributed by atoms with Gasteiger partial charge in [-0.15, -0.1) is 35.3 Å². The van der Waals surface area contributed by atoms with Gasteiger partial charge in [-0.25, -0.2) is 9.98 Å². The molecule has 0 aliphatic carbocycles. The van der Waals surface area contributed by atoms with Crippen molar-refractivity contribution in [3.63, 3.8) is 0 Å². The number of hydrogen-bond donors (Lipinski definition) is 2. The smallest absolute Gasteiger partial charge is 0.191 e. The Balaban J connectivity index is 0.00000341. The summed E-state index contributed by atoms with van der Waals surface area (Å²) in [6, 6.07) is 11.7. The van der Waals surface area contributed by atoms with Crippen LogP contribution in [0.25, 0.3) is 10.8 Å². The number of rotatable bonds is 11. The van der Waals surface area contributed by atoms with Crippen LogP contribution in [0, 0.1) is 0 Å². The molecule has 9 heteroatoms. The number of ether oxygens (including phenoxy) is 2. The van der Waals surface area contributed by atoms with Crippen LogP contribution in [-0.4, -0.2) is 37.8 Å². The Bertz CT molecular complexity index is 898. The Morgan fingerprint density at radius 1 is 1.19 bits per heavy atom.